The summed E-state index contributed by atoms with van der Waals surface area (Å²) in [7, 11) is 0. The minimum atomic E-state index is -0.640. The minimum Gasteiger partial charge on any atom is -0.453 e. The number of amides is 1. The number of carbonyl (C=O) groups is 3. The van der Waals surface area contributed by atoms with Gasteiger partial charge < -0.3 is 10.1 Å². The highest BCUT2D eigenvalue weighted by Crippen LogP contribution is 2.32. The molecule has 0 aliphatic carbocycles. The maximum absolute atomic E-state index is 12.4. The Bertz CT molecular complexity index is 1120. The number of ether oxygens (including phenoxy) is 1. The molecule has 1 aliphatic heterocycles. The fourth-order valence-electron chi connectivity index (χ4n) is 3.08. The van der Waals surface area contributed by atoms with Crippen LogP contribution in [0.25, 0.3) is 10.6 Å². The van der Waals surface area contributed by atoms with Gasteiger partial charge in [0.25, 0.3) is 0 Å². The Morgan fingerprint density at radius 2 is 1.93 bits per heavy atom. The van der Waals surface area contributed by atoms with Crippen LogP contribution in [0.15, 0.2) is 47.8 Å². The van der Waals surface area contributed by atoms with E-state index in [1.54, 1.807) is 30.5 Å². The molecule has 2 aromatic carbocycles. The zero-order valence-corrected chi connectivity index (χ0v) is 16.7. The Morgan fingerprint density at radius 1 is 1.17 bits per heavy atom. The van der Waals surface area contributed by atoms with Crippen LogP contribution in [0.5, 0.6) is 0 Å². The van der Waals surface area contributed by atoms with Gasteiger partial charge in [-0.25, -0.2) is 9.78 Å². The molecule has 1 N–H and O–H groups in total. The lowest BCUT2D eigenvalue weighted by Gasteiger charge is -2.06. The number of benzene rings is 2. The second kappa shape index (κ2) is 7.60. The maximum atomic E-state index is 12.4. The summed E-state index contributed by atoms with van der Waals surface area (Å²) in [5.74, 6) is -1.37. The zero-order valence-electron chi connectivity index (χ0n) is 15.9. The molecule has 146 valence electrons. The van der Waals surface area contributed by atoms with Crippen LogP contribution < -0.4 is 5.32 Å². The lowest BCUT2D eigenvalue weighted by Crippen LogP contribution is -2.14. The van der Waals surface area contributed by atoms with Gasteiger partial charge in [-0.05, 0) is 37.6 Å². The Morgan fingerprint density at radius 3 is 2.69 bits per heavy atom. The van der Waals surface area contributed by atoms with E-state index in [1.165, 1.54) is 11.3 Å². The lowest BCUT2D eigenvalue weighted by molar-refractivity contribution is -0.116. The molecule has 0 spiro atoms. The van der Waals surface area contributed by atoms with E-state index in [-0.39, 0.29) is 29.9 Å². The summed E-state index contributed by atoms with van der Waals surface area (Å²) in [5, 5.41) is 5.10. The number of rotatable bonds is 5. The van der Waals surface area contributed by atoms with Crippen molar-refractivity contribution in [3.8, 4) is 10.6 Å². The molecule has 1 amide bonds. The summed E-state index contributed by atoms with van der Waals surface area (Å²) < 4.78 is 5.15. The number of thiazole rings is 1. The molecule has 0 bridgehead atoms. The van der Waals surface area contributed by atoms with Gasteiger partial charge in [-0.15, -0.1) is 11.3 Å². The molecule has 1 aliphatic rings. The van der Waals surface area contributed by atoms with Gasteiger partial charge in [0.1, 0.15) is 5.01 Å². The van der Waals surface area contributed by atoms with Crippen molar-refractivity contribution in [3.05, 3.63) is 70.2 Å². The summed E-state index contributed by atoms with van der Waals surface area (Å²) in [6, 6.07) is 12.8. The Kier molecular flexibility index (Phi) is 4.98. The first kappa shape index (κ1) is 19.0. The van der Waals surface area contributed by atoms with E-state index >= 15 is 0 Å². The van der Waals surface area contributed by atoms with Crippen molar-refractivity contribution in [2.24, 2.45) is 0 Å². The number of fused-ring (bicyclic) bond motifs is 1. The summed E-state index contributed by atoms with van der Waals surface area (Å²) in [6.07, 6.45) is 0. The van der Waals surface area contributed by atoms with Crippen LogP contribution in [0.3, 0.4) is 0 Å². The predicted molar refractivity (Wildman–Crippen MR) is 110 cm³/mol. The second-order valence-corrected chi connectivity index (χ2v) is 7.77. The number of aryl methyl sites for hydroxylation is 1. The Balaban J connectivity index is 1.41. The number of anilines is 1. The molecule has 4 rings (SSSR count). The van der Waals surface area contributed by atoms with Gasteiger partial charge in [0.15, 0.2) is 18.1 Å². The van der Waals surface area contributed by atoms with Gasteiger partial charge in [0.2, 0.25) is 5.91 Å². The normalized spacial score (nSPS) is 15.0. The highest BCUT2D eigenvalue weighted by Gasteiger charge is 2.27. The summed E-state index contributed by atoms with van der Waals surface area (Å²) in [5.41, 5.74) is 4.13. The monoisotopic (exact) mass is 406 g/mol. The number of carbonyl (C=O) groups excluding carboxylic acids is 3. The summed E-state index contributed by atoms with van der Waals surface area (Å²) in [4.78, 5) is 40.8. The third-order valence-corrected chi connectivity index (χ3v) is 5.73. The third-order valence-electron chi connectivity index (χ3n) is 4.84. The summed E-state index contributed by atoms with van der Waals surface area (Å²) in [6.45, 7) is 3.40. The third kappa shape index (κ3) is 3.82. The minimum absolute atomic E-state index is 0.0936. The molecule has 0 saturated heterocycles. The largest absolute Gasteiger partial charge is 0.453 e. The van der Waals surface area contributed by atoms with Crippen LogP contribution >= 0.6 is 11.3 Å². The second-order valence-electron chi connectivity index (χ2n) is 6.92. The number of aromatic nitrogens is 1. The van der Waals surface area contributed by atoms with Crippen molar-refractivity contribution in [1.82, 2.24) is 4.98 Å². The van der Waals surface area contributed by atoms with Crippen molar-refractivity contribution in [2.45, 2.75) is 19.8 Å². The molecule has 6 nitrogen and oxygen atoms in total. The van der Waals surface area contributed by atoms with Crippen LogP contribution in [0, 0.1) is 6.92 Å². The molecule has 29 heavy (non-hydrogen) atoms. The van der Waals surface area contributed by atoms with Crippen LogP contribution in [-0.4, -0.2) is 29.3 Å². The Hall–Kier alpha value is -3.32. The van der Waals surface area contributed by atoms with Gasteiger partial charge in [0.05, 0.1) is 5.92 Å². The fourth-order valence-corrected chi connectivity index (χ4v) is 3.87. The van der Waals surface area contributed by atoms with Gasteiger partial charge in [0, 0.05) is 22.2 Å². The van der Waals surface area contributed by atoms with E-state index in [0.717, 1.165) is 16.7 Å². The topological polar surface area (TPSA) is 85.4 Å². The smallest absolute Gasteiger partial charge is 0.358 e. The molecule has 0 saturated carbocycles. The number of hydrogen-bond acceptors (Lipinski definition) is 6. The van der Waals surface area contributed by atoms with E-state index in [0.29, 0.717) is 16.3 Å². The van der Waals surface area contributed by atoms with E-state index in [1.807, 2.05) is 31.2 Å². The molecular weight excluding hydrogens is 388 g/mol. The highest BCUT2D eigenvalue weighted by molar-refractivity contribution is 7.13. The van der Waals surface area contributed by atoms with E-state index < -0.39 is 5.97 Å². The fraction of sp³-hybridized carbons (Fsp3) is 0.182. The molecular formula is C22H18N2O4S. The number of esters is 1. The first-order valence-corrected chi connectivity index (χ1v) is 9.98. The van der Waals surface area contributed by atoms with Crippen molar-refractivity contribution >= 4 is 34.7 Å². The summed E-state index contributed by atoms with van der Waals surface area (Å²) >= 11 is 1.35. The van der Waals surface area contributed by atoms with Gasteiger partial charge in [-0.1, -0.05) is 29.8 Å². The van der Waals surface area contributed by atoms with Crippen LogP contribution in [0.4, 0.5) is 5.69 Å². The molecule has 1 atom stereocenters. The Labute approximate surface area is 171 Å². The van der Waals surface area contributed by atoms with E-state index in [2.05, 4.69) is 10.3 Å². The number of nitrogens with zero attached hydrogens (tertiary/aromatic N) is 1. The van der Waals surface area contributed by atoms with Crippen molar-refractivity contribution in [2.75, 3.05) is 11.9 Å². The van der Waals surface area contributed by atoms with E-state index in [4.69, 9.17) is 4.74 Å². The number of Topliss-reactive ketones (excluding diaryl/α,β-unsaturated/α-hetero) is 1. The molecule has 3 aromatic rings. The first-order valence-electron chi connectivity index (χ1n) is 9.10. The molecule has 2 heterocycles. The van der Waals surface area contributed by atoms with Crippen LogP contribution in [0.2, 0.25) is 0 Å². The molecule has 0 radical (unpaired) electrons. The quantitative estimate of drug-likeness (QED) is 0.507. The maximum Gasteiger partial charge on any atom is 0.358 e. The molecule has 0 unspecified atom stereocenters. The van der Waals surface area contributed by atoms with Gasteiger partial charge >= 0.3 is 5.97 Å². The van der Waals surface area contributed by atoms with E-state index in [9.17, 15) is 14.4 Å². The van der Waals surface area contributed by atoms with Crippen molar-refractivity contribution < 1.29 is 19.1 Å². The SMILES string of the molecule is Cc1ccc(-c2nc(C(=O)OCC(=O)c3ccc4c(c3)[C@H](C)C(=O)N4)cs2)cc1. The predicted octanol–water partition coefficient (Wildman–Crippen LogP) is 4.21. The zero-order chi connectivity index (χ0) is 20.5. The van der Waals surface area contributed by atoms with Crippen molar-refractivity contribution in [1.29, 1.82) is 0 Å². The first-order chi connectivity index (χ1) is 13.9. The van der Waals surface area contributed by atoms with Gasteiger partial charge in [-0.3, -0.25) is 9.59 Å². The molecule has 1 aromatic heterocycles. The number of hydrogen-bond donors (Lipinski definition) is 1. The highest BCUT2D eigenvalue weighted by atomic mass is 32.1. The van der Waals surface area contributed by atoms with Gasteiger partial charge in [-0.2, -0.15) is 0 Å². The van der Waals surface area contributed by atoms with Crippen LogP contribution in [0.1, 0.15) is 44.8 Å². The average Bonchev–Trinajstić information content (AvgIpc) is 3.32. The standard InChI is InChI=1S/C22H18N2O4S/c1-12-3-5-14(6-4-12)21-24-18(11-29-21)22(27)28-10-19(25)15-7-8-17-16(9-15)13(2)20(26)23-17/h3-9,11,13H,10H2,1-2H3,(H,23,26)/t13-/m0/s1. The molecule has 0 fully saturated rings. The number of nitrogens with one attached hydrogen (secondary N) is 1. The van der Waals surface area contributed by atoms with Crippen molar-refractivity contribution in [3.63, 3.8) is 0 Å². The lowest BCUT2D eigenvalue weighted by atomic mass is 9.99. The van der Waals surface area contributed by atoms with Crippen LogP contribution in [-0.2, 0) is 9.53 Å². The average molecular weight is 406 g/mol. The number of ketones is 1. The molecule has 7 heteroatoms.